The molecule has 3 heteroatoms. The van der Waals surface area contributed by atoms with E-state index in [1.165, 1.54) is 0 Å². The van der Waals surface area contributed by atoms with Crippen LogP contribution in [-0.2, 0) is 0 Å². The summed E-state index contributed by atoms with van der Waals surface area (Å²) in [5.41, 5.74) is 2.99. The van der Waals surface area contributed by atoms with Crippen molar-refractivity contribution in [2.75, 3.05) is 4.90 Å². The van der Waals surface area contributed by atoms with E-state index in [2.05, 4.69) is 47.4 Å². The van der Waals surface area contributed by atoms with Gasteiger partial charge < -0.3 is 10.0 Å². The lowest BCUT2D eigenvalue weighted by atomic mass is 9.90. The summed E-state index contributed by atoms with van der Waals surface area (Å²) in [6.45, 7) is 0. The lowest BCUT2D eigenvalue weighted by Gasteiger charge is -2.38. The first-order chi connectivity index (χ1) is 12.8. The van der Waals surface area contributed by atoms with E-state index in [9.17, 15) is 10.4 Å². The number of nitrogens with zero attached hydrogens (tertiary/aromatic N) is 2. The van der Waals surface area contributed by atoms with Gasteiger partial charge in [-0.15, -0.1) is 0 Å². The number of hydrogen-bond acceptors (Lipinski definition) is 3. The van der Waals surface area contributed by atoms with Crippen LogP contribution in [-0.4, -0.2) is 17.3 Å². The topological polar surface area (TPSA) is 47.3 Å². The van der Waals surface area contributed by atoms with Gasteiger partial charge in [-0.05, 0) is 49.9 Å². The summed E-state index contributed by atoms with van der Waals surface area (Å²) >= 11 is 0. The van der Waals surface area contributed by atoms with Crippen LogP contribution in [0.5, 0.6) is 0 Å². The molecule has 0 radical (unpaired) electrons. The van der Waals surface area contributed by atoms with Crippen LogP contribution in [0.25, 0.3) is 10.8 Å². The molecule has 0 atom stereocenters. The molecule has 0 aromatic heterocycles. The number of aliphatic hydroxyl groups excluding tert-OH is 1. The summed E-state index contributed by atoms with van der Waals surface area (Å²) in [7, 11) is 0. The Balaban J connectivity index is 1.87. The molecular formula is C23H22N2O. The predicted octanol–water partition coefficient (Wildman–Crippen LogP) is 5.15. The lowest BCUT2D eigenvalue weighted by Crippen LogP contribution is -2.36. The molecule has 3 aromatic rings. The van der Waals surface area contributed by atoms with Crippen LogP contribution in [0.3, 0.4) is 0 Å². The maximum atomic E-state index is 9.94. The highest BCUT2D eigenvalue weighted by molar-refractivity contribution is 5.99. The van der Waals surface area contributed by atoms with Gasteiger partial charge in [-0.1, -0.05) is 42.5 Å². The molecule has 1 fully saturated rings. The third-order valence-electron chi connectivity index (χ3n) is 5.35. The first kappa shape index (κ1) is 16.6. The Hall–Kier alpha value is -2.83. The Morgan fingerprint density at radius 2 is 1.46 bits per heavy atom. The van der Waals surface area contributed by atoms with Crippen LogP contribution in [0.4, 0.5) is 11.4 Å². The number of para-hydroxylation sites is 1. The molecule has 3 nitrogen and oxygen atoms in total. The van der Waals surface area contributed by atoms with Crippen molar-refractivity contribution in [1.29, 1.82) is 5.26 Å². The first-order valence-electron chi connectivity index (χ1n) is 9.22. The Morgan fingerprint density at radius 1 is 0.808 bits per heavy atom. The van der Waals surface area contributed by atoms with Gasteiger partial charge in [0.25, 0.3) is 0 Å². The Morgan fingerprint density at radius 3 is 2.15 bits per heavy atom. The predicted molar refractivity (Wildman–Crippen MR) is 106 cm³/mol. The number of nitriles is 1. The van der Waals surface area contributed by atoms with E-state index in [0.717, 1.165) is 47.8 Å². The highest BCUT2D eigenvalue weighted by Crippen LogP contribution is 2.38. The minimum Gasteiger partial charge on any atom is -0.393 e. The third kappa shape index (κ3) is 3.05. The second-order valence-corrected chi connectivity index (χ2v) is 6.96. The van der Waals surface area contributed by atoms with Crippen LogP contribution in [0.1, 0.15) is 31.2 Å². The molecule has 0 amide bonds. The molecule has 0 unspecified atom stereocenters. The Labute approximate surface area is 154 Å². The number of anilines is 2. The van der Waals surface area contributed by atoms with Gasteiger partial charge in [-0.2, -0.15) is 5.26 Å². The van der Waals surface area contributed by atoms with Crippen LogP contribution in [0, 0.1) is 11.3 Å². The molecule has 26 heavy (non-hydrogen) atoms. The van der Waals surface area contributed by atoms with Crippen molar-refractivity contribution in [3.8, 4) is 6.07 Å². The van der Waals surface area contributed by atoms with Crippen LogP contribution >= 0.6 is 0 Å². The molecule has 1 N–H and O–H groups in total. The van der Waals surface area contributed by atoms with E-state index < -0.39 is 0 Å². The number of aliphatic hydroxyl groups is 1. The summed E-state index contributed by atoms with van der Waals surface area (Å²) in [6, 6.07) is 25.2. The second-order valence-electron chi connectivity index (χ2n) is 6.96. The number of benzene rings is 3. The average molecular weight is 342 g/mol. The van der Waals surface area contributed by atoms with Gasteiger partial charge >= 0.3 is 0 Å². The second kappa shape index (κ2) is 7.19. The summed E-state index contributed by atoms with van der Waals surface area (Å²) in [4.78, 5) is 2.40. The van der Waals surface area contributed by atoms with Crippen LogP contribution < -0.4 is 4.90 Å². The van der Waals surface area contributed by atoms with Gasteiger partial charge in [-0.3, -0.25) is 0 Å². The van der Waals surface area contributed by atoms with E-state index in [1.54, 1.807) is 0 Å². The minimum absolute atomic E-state index is 0.179. The largest absolute Gasteiger partial charge is 0.393 e. The van der Waals surface area contributed by atoms with Crippen molar-refractivity contribution >= 4 is 22.1 Å². The molecule has 3 aromatic carbocycles. The van der Waals surface area contributed by atoms with Crippen molar-refractivity contribution in [2.45, 2.75) is 37.8 Å². The Kier molecular flexibility index (Phi) is 4.60. The fraction of sp³-hybridized carbons (Fsp3) is 0.261. The molecule has 1 aliphatic rings. The number of hydrogen-bond donors (Lipinski definition) is 1. The van der Waals surface area contributed by atoms with Gasteiger partial charge in [-0.25, -0.2) is 0 Å². The summed E-state index contributed by atoms with van der Waals surface area (Å²) < 4.78 is 0. The zero-order valence-corrected chi connectivity index (χ0v) is 14.7. The van der Waals surface area contributed by atoms with Gasteiger partial charge in [0.15, 0.2) is 0 Å². The van der Waals surface area contributed by atoms with E-state index in [1.807, 2.05) is 30.3 Å². The SMILES string of the molecule is N#Cc1ccc(N(c2ccccc2)C2CCC(O)CC2)c2ccccc12. The number of rotatable bonds is 3. The number of fused-ring (bicyclic) bond motifs is 1. The van der Waals surface area contributed by atoms with E-state index in [0.29, 0.717) is 11.6 Å². The molecule has 0 spiro atoms. The van der Waals surface area contributed by atoms with Crippen LogP contribution in [0.15, 0.2) is 66.7 Å². The fourth-order valence-corrected chi connectivity index (χ4v) is 4.04. The molecule has 0 heterocycles. The molecule has 0 aliphatic heterocycles. The highest BCUT2D eigenvalue weighted by Gasteiger charge is 2.27. The zero-order chi connectivity index (χ0) is 17.9. The van der Waals surface area contributed by atoms with E-state index in [4.69, 9.17) is 0 Å². The smallest absolute Gasteiger partial charge is 0.0998 e. The summed E-state index contributed by atoms with van der Waals surface area (Å²) in [5, 5.41) is 21.5. The molecule has 0 saturated heterocycles. The lowest BCUT2D eigenvalue weighted by molar-refractivity contribution is 0.123. The minimum atomic E-state index is -0.179. The molecule has 1 saturated carbocycles. The highest BCUT2D eigenvalue weighted by atomic mass is 16.3. The first-order valence-corrected chi connectivity index (χ1v) is 9.22. The van der Waals surface area contributed by atoms with Crippen molar-refractivity contribution in [2.24, 2.45) is 0 Å². The zero-order valence-electron chi connectivity index (χ0n) is 14.7. The van der Waals surface area contributed by atoms with E-state index >= 15 is 0 Å². The van der Waals surface area contributed by atoms with Crippen molar-refractivity contribution in [3.05, 3.63) is 72.3 Å². The van der Waals surface area contributed by atoms with Gasteiger partial charge in [0, 0.05) is 28.2 Å². The maximum absolute atomic E-state index is 9.94. The van der Waals surface area contributed by atoms with Crippen LogP contribution in [0.2, 0.25) is 0 Å². The van der Waals surface area contributed by atoms with Gasteiger partial charge in [0.05, 0.1) is 17.7 Å². The molecule has 0 bridgehead atoms. The van der Waals surface area contributed by atoms with Gasteiger partial charge in [0.1, 0.15) is 0 Å². The molecule has 1 aliphatic carbocycles. The van der Waals surface area contributed by atoms with Crippen molar-refractivity contribution in [3.63, 3.8) is 0 Å². The third-order valence-corrected chi connectivity index (χ3v) is 5.35. The van der Waals surface area contributed by atoms with Crippen molar-refractivity contribution in [1.82, 2.24) is 0 Å². The fourth-order valence-electron chi connectivity index (χ4n) is 4.04. The maximum Gasteiger partial charge on any atom is 0.0998 e. The standard InChI is InChI=1S/C23H22N2O/c24-16-17-10-15-23(22-9-5-4-8-21(17)22)25(18-6-2-1-3-7-18)19-11-13-20(26)14-12-19/h1-10,15,19-20,26H,11-14H2. The van der Waals surface area contributed by atoms with Gasteiger partial charge in [0.2, 0.25) is 0 Å². The summed E-state index contributed by atoms with van der Waals surface area (Å²) in [5.74, 6) is 0. The van der Waals surface area contributed by atoms with E-state index in [-0.39, 0.29) is 6.10 Å². The molecule has 4 rings (SSSR count). The average Bonchev–Trinajstić information content (AvgIpc) is 2.70. The normalized spacial score (nSPS) is 19.8. The monoisotopic (exact) mass is 342 g/mol. The summed E-state index contributed by atoms with van der Waals surface area (Å²) in [6.07, 6.45) is 3.42. The molecule has 130 valence electrons. The van der Waals surface area contributed by atoms with Crippen molar-refractivity contribution < 1.29 is 5.11 Å². The Bertz CT molecular complexity index is 937. The molecular weight excluding hydrogens is 320 g/mol. The quantitative estimate of drug-likeness (QED) is 0.716.